The van der Waals surface area contributed by atoms with Gasteiger partial charge in [-0.1, -0.05) is 66.7 Å². The van der Waals surface area contributed by atoms with Crippen molar-refractivity contribution in [2.75, 3.05) is 26.3 Å². The fourth-order valence-corrected chi connectivity index (χ4v) is 5.03. The normalized spacial score (nSPS) is 16.0. The highest BCUT2D eigenvalue weighted by molar-refractivity contribution is 5.90. The molecule has 0 aliphatic carbocycles. The largest absolute Gasteiger partial charge is 0.480 e. The van der Waals surface area contributed by atoms with Crippen LogP contribution >= 0.6 is 0 Å². The van der Waals surface area contributed by atoms with Crippen LogP contribution in [0.2, 0.25) is 0 Å². The van der Waals surface area contributed by atoms with Gasteiger partial charge in [-0.15, -0.1) is 0 Å². The van der Waals surface area contributed by atoms with E-state index in [1.165, 1.54) is 21.9 Å². The average molecular weight is 475 g/mol. The fraction of sp³-hybridized carbons (Fsp3) is 0.379. The molecule has 0 radical (unpaired) electrons. The summed E-state index contributed by atoms with van der Waals surface area (Å²) in [7, 11) is 0. The minimum Gasteiger partial charge on any atom is -0.480 e. The Balaban J connectivity index is 1.34. The van der Waals surface area contributed by atoms with E-state index in [0.29, 0.717) is 26.1 Å². The topological polar surface area (TPSA) is 87.7 Å². The molecule has 4 rings (SSSR count). The van der Waals surface area contributed by atoms with Gasteiger partial charge in [0.25, 0.3) is 0 Å². The first kappa shape index (κ1) is 24.9. The molecule has 1 aliphatic heterocycles. The summed E-state index contributed by atoms with van der Waals surface area (Å²) in [5.41, 5.74) is 2.73. The van der Waals surface area contributed by atoms with Crippen molar-refractivity contribution >= 4 is 22.6 Å². The van der Waals surface area contributed by atoms with Crippen molar-refractivity contribution in [3.8, 4) is 0 Å². The van der Waals surface area contributed by atoms with Crippen LogP contribution in [-0.2, 0) is 26.2 Å². The molecule has 0 saturated carbocycles. The van der Waals surface area contributed by atoms with Gasteiger partial charge < -0.3 is 20.5 Å². The number of benzene rings is 3. The van der Waals surface area contributed by atoms with Gasteiger partial charge in [-0.3, -0.25) is 9.59 Å². The van der Waals surface area contributed by atoms with Crippen LogP contribution in [0.1, 0.15) is 48.9 Å². The molecule has 1 aliphatic rings. The molecule has 1 atom stereocenters. The molecule has 184 valence electrons. The maximum atomic E-state index is 12.9. The van der Waals surface area contributed by atoms with E-state index in [1.807, 2.05) is 12.1 Å². The van der Waals surface area contributed by atoms with E-state index >= 15 is 0 Å². The first-order chi connectivity index (χ1) is 17.0. The van der Waals surface area contributed by atoms with Crippen LogP contribution in [0.15, 0.2) is 66.7 Å². The van der Waals surface area contributed by atoms with E-state index in [2.05, 4.69) is 72.2 Å². The first-order valence-corrected chi connectivity index (χ1v) is 12.4. The van der Waals surface area contributed by atoms with Gasteiger partial charge in [0.15, 0.2) is 0 Å². The SMILES string of the molecule is CC(NCCCc1ccc(C2(C(=O)NCC(=O)O)CCOCC2)cc1)c1cccc2ccccc12. The second-order valence-corrected chi connectivity index (χ2v) is 9.32. The monoisotopic (exact) mass is 474 g/mol. The molecule has 1 saturated heterocycles. The third-order valence-corrected chi connectivity index (χ3v) is 7.07. The van der Waals surface area contributed by atoms with E-state index in [9.17, 15) is 9.59 Å². The number of ether oxygens (including phenoxy) is 1. The highest BCUT2D eigenvalue weighted by Gasteiger charge is 2.41. The van der Waals surface area contributed by atoms with Crippen molar-refractivity contribution in [1.29, 1.82) is 0 Å². The van der Waals surface area contributed by atoms with Gasteiger partial charge in [0.05, 0.1) is 5.41 Å². The van der Waals surface area contributed by atoms with Gasteiger partial charge >= 0.3 is 5.97 Å². The maximum absolute atomic E-state index is 12.9. The summed E-state index contributed by atoms with van der Waals surface area (Å²) in [6, 6.07) is 23.4. The zero-order valence-electron chi connectivity index (χ0n) is 20.3. The minimum atomic E-state index is -1.04. The number of aliphatic carboxylic acids is 1. The lowest BCUT2D eigenvalue weighted by Gasteiger charge is -2.36. The Kier molecular flexibility index (Phi) is 8.16. The molecule has 3 aromatic carbocycles. The summed E-state index contributed by atoms with van der Waals surface area (Å²) in [5, 5.41) is 17.7. The van der Waals surface area contributed by atoms with Crippen LogP contribution in [0.25, 0.3) is 10.8 Å². The third kappa shape index (κ3) is 5.89. The Bertz CT molecular complexity index is 1150. The molecule has 3 aromatic rings. The zero-order chi connectivity index (χ0) is 24.7. The molecule has 1 heterocycles. The van der Waals surface area contributed by atoms with Gasteiger partial charge in [0.1, 0.15) is 6.54 Å². The summed E-state index contributed by atoms with van der Waals surface area (Å²) in [6.07, 6.45) is 3.05. The summed E-state index contributed by atoms with van der Waals surface area (Å²) < 4.78 is 5.48. The molecule has 0 aromatic heterocycles. The van der Waals surface area contributed by atoms with Crippen LogP contribution in [0, 0.1) is 0 Å². The number of carboxylic acid groups (broad SMARTS) is 1. The standard InChI is InChI=1S/C29H34N2O4/c1-21(25-10-4-8-23-7-2-3-9-26(23)25)30-17-5-6-22-11-13-24(14-12-22)29(15-18-35-19-16-29)28(34)31-20-27(32)33/h2-4,7-14,21,30H,5-6,15-20H2,1H3,(H,31,34)(H,32,33). The smallest absolute Gasteiger partial charge is 0.322 e. The molecular weight excluding hydrogens is 440 g/mol. The Hall–Kier alpha value is -3.22. The number of fused-ring (bicyclic) bond motifs is 1. The molecule has 1 fully saturated rings. The quantitative estimate of drug-likeness (QED) is 0.380. The number of aryl methyl sites for hydroxylation is 1. The lowest BCUT2D eigenvalue weighted by atomic mass is 9.73. The average Bonchev–Trinajstić information content (AvgIpc) is 2.90. The molecule has 6 heteroatoms. The van der Waals surface area contributed by atoms with Crippen LogP contribution in [-0.4, -0.2) is 43.3 Å². The second-order valence-electron chi connectivity index (χ2n) is 9.32. The number of rotatable bonds is 10. The molecule has 0 bridgehead atoms. The highest BCUT2D eigenvalue weighted by atomic mass is 16.5. The second kappa shape index (κ2) is 11.5. The highest BCUT2D eigenvalue weighted by Crippen LogP contribution is 2.35. The molecule has 1 unspecified atom stereocenters. The van der Waals surface area contributed by atoms with Gasteiger partial charge in [0, 0.05) is 19.3 Å². The number of amides is 1. The Morgan fingerprint density at radius 2 is 1.71 bits per heavy atom. The molecule has 0 spiro atoms. The minimum absolute atomic E-state index is 0.234. The number of carboxylic acids is 1. The summed E-state index contributed by atoms with van der Waals surface area (Å²) >= 11 is 0. The van der Waals surface area contributed by atoms with E-state index in [0.717, 1.165) is 24.9 Å². The summed E-state index contributed by atoms with van der Waals surface area (Å²) in [4.78, 5) is 23.9. The van der Waals surface area contributed by atoms with Gasteiger partial charge in [0.2, 0.25) is 5.91 Å². The summed E-state index contributed by atoms with van der Waals surface area (Å²) in [6.45, 7) is 3.72. The zero-order valence-corrected chi connectivity index (χ0v) is 20.3. The van der Waals surface area contributed by atoms with Gasteiger partial charge in [-0.05, 0) is 66.6 Å². The molecular formula is C29H34N2O4. The number of carbonyl (C=O) groups is 2. The Morgan fingerprint density at radius 3 is 2.46 bits per heavy atom. The molecule has 1 amide bonds. The Morgan fingerprint density at radius 1 is 1.00 bits per heavy atom. The van der Waals surface area contributed by atoms with Gasteiger partial charge in [-0.2, -0.15) is 0 Å². The van der Waals surface area contributed by atoms with Crippen LogP contribution < -0.4 is 10.6 Å². The number of hydrogen-bond acceptors (Lipinski definition) is 4. The Labute approximate surface area is 206 Å². The fourth-order valence-electron chi connectivity index (χ4n) is 5.03. The lowest BCUT2D eigenvalue weighted by molar-refractivity contribution is -0.139. The predicted molar refractivity (Wildman–Crippen MR) is 138 cm³/mol. The van der Waals surface area contributed by atoms with E-state index in [4.69, 9.17) is 9.84 Å². The number of hydrogen-bond donors (Lipinski definition) is 3. The van der Waals surface area contributed by atoms with Gasteiger partial charge in [-0.25, -0.2) is 0 Å². The maximum Gasteiger partial charge on any atom is 0.322 e. The van der Waals surface area contributed by atoms with E-state index < -0.39 is 11.4 Å². The van der Waals surface area contributed by atoms with Crippen molar-refractivity contribution in [2.45, 2.75) is 44.1 Å². The van der Waals surface area contributed by atoms with Crippen molar-refractivity contribution in [3.63, 3.8) is 0 Å². The van der Waals surface area contributed by atoms with E-state index in [-0.39, 0.29) is 18.5 Å². The van der Waals surface area contributed by atoms with Crippen LogP contribution in [0.4, 0.5) is 0 Å². The lowest BCUT2D eigenvalue weighted by Crippen LogP contribution is -2.49. The predicted octanol–water partition coefficient (Wildman–Crippen LogP) is 4.37. The summed E-state index contributed by atoms with van der Waals surface area (Å²) in [5.74, 6) is -1.28. The molecule has 6 nitrogen and oxygen atoms in total. The first-order valence-electron chi connectivity index (χ1n) is 12.4. The number of carbonyl (C=O) groups excluding carboxylic acids is 1. The van der Waals surface area contributed by atoms with Crippen molar-refractivity contribution in [1.82, 2.24) is 10.6 Å². The van der Waals surface area contributed by atoms with Crippen LogP contribution in [0.5, 0.6) is 0 Å². The third-order valence-electron chi connectivity index (χ3n) is 7.07. The molecule has 35 heavy (non-hydrogen) atoms. The van der Waals surface area contributed by atoms with Crippen molar-refractivity contribution < 1.29 is 19.4 Å². The van der Waals surface area contributed by atoms with E-state index in [1.54, 1.807) is 0 Å². The van der Waals surface area contributed by atoms with Crippen molar-refractivity contribution in [3.05, 3.63) is 83.4 Å². The number of nitrogens with one attached hydrogen (secondary N) is 2. The van der Waals surface area contributed by atoms with Crippen LogP contribution in [0.3, 0.4) is 0 Å². The van der Waals surface area contributed by atoms with Crippen molar-refractivity contribution in [2.24, 2.45) is 0 Å². The molecule has 3 N–H and O–H groups in total.